The zero-order valence-corrected chi connectivity index (χ0v) is 15.5. The second-order valence-corrected chi connectivity index (χ2v) is 7.69. The van der Waals surface area contributed by atoms with Crippen molar-refractivity contribution in [2.24, 2.45) is 17.6 Å². The molecule has 3 rings (SSSR count). The van der Waals surface area contributed by atoms with Crippen molar-refractivity contribution in [2.75, 3.05) is 26.2 Å². The Morgan fingerprint density at radius 3 is 2.50 bits per heavy atom. The Kier molecular flexibility index (Phi) is 6.67. The molecule has 1 aromatic rings. The highest BCUT2D eigenvalue weighted by Crippen LogP contribution is 2.32. The van der Waals surface area contributed by atoms with E-state index in [1.165, 1.54) is 12.0 Å². The molecule has 0 unspecified atom stereocenters. The minimum atomic E-state index is 0.117. The average Bonchev–Trinajstić information content (AvgIpc) is 3.14. The lowest BCUT2D eigenvalue weighted by atomic mass is 9.89. The molecule has 1 saturated heterocycles. The van der Waals surface area contributed by atoms with E-state index in [4.69, 9.17) is 5.73 Å². The standard InChI is InChI=1S/C21H31N3O2/c22-13-18-14-24(15-19(18)16-7-3-1-4-8-16)20(25)11-12-23-21(26)17-9-5-2-6-10-17/h1,3-4,7-8,17-19H,2,5-6,9-15,22H2,(H,23,26)/t18-,19+/m1/s1. The topological polar surface area (TPSA) is 75.4 Å². The third kappa shape index (κ3) is 4.64. The van der Waals surface area contributed by atoms with E-state index in [9.17, 15) is 9.59 Å². The van der Waals surface area contributed by atoms with Crippen LogP contribution in [0.25, 0.3) is 0 Å². The van der Waals surface area contributed by atoms with Gasteiger partial charge in [0.2, 0.25) is 11.8 Å². The van der Waals surface area contributed by atoms with Crippen LogP contribution in [0.15, 0.2) is 30.3 Å². The van der Waals surface area contributed by atoms with Crippen LogP contribution in [-0.4, -0.2) is 42.9 Å². The summed E-state index contributed by atoms with van der Waals surface area (Å²) in [6.45, 7) is 2.46. The quantitative estimate of drug-likeness (QED) is 0.820. The van der Waals surface area contributed by atoms with Gasteiger partial charge < -0.3 is 16.0 Å². The van der Waals surface area contributed by atoms with Crippen molar-refractivity contribution in [1.82, 2.24) is 10.2 Å². The molecule has 0 spiro atoms. The molecule has 5 nitrogen and oxygen atoms in total. The molecule has 142 valence electrons. The average molecular weight is 357 g/mol. The van der Waals surface area contributed by atoms with Gasteiger partial charge >= 0.3 is 0 Å². The third-order valence-electron chi connectivity index (χ3n) is 5.94. The van der Waals surface area contributed by atoms with Crippen molar-refractivity contribution in [3.63, 3.8) is 0 Å². The van der Waals surface area contributed by atoms with Crippen LogP contribution in [0.1, 0.15) is 50.0 Å². The first-order valence-corrected chi connectivity index (χ1v) is 9.99. The maximum absolute atomic E-state index is 12.6. The Bertz CT molecular complexity index is 599. The molecule has 0 bridgehead atoms. The van der Waals surface area contributed by atoms with E-state index in [0.29, 0.717) is 37.9 Å². The number of likely N-dealkylation sites (tertiary alicyclic amines) is 1. The smallest absolute Gasteiger partial charge is 0.224 e. The summed E-state index contributed by atoms with van der Waals surface area (Å²) in [4.78, 5) is 26.7. The maximum Gasteiger partial charge on any atom is 0.224 e. The predicted octanol–water partition coefficient (Wildman–Crippen LogP) is 2.27. The molecule has 1 saturated carbocycles. The summed E-state index contributed by atoms with van der Waals surface area (Å²) in [7, 11) is 0. The van der Waals surface area contributed by atoms with E-state index in [1.807, 2.05) is 23.1 Å². The lowest BCUT2D eigenvalue weighted by Gasteiger charge is -2.21. The third-order valence-corrected chi connectivity index (χ3v) is 5.94. The molecule has 1 heterocycles. The lowest BCUT2D eigenvalue weighted by Crippen LogP contribution is -2.36. The lowest BCUT2D eigenvalue weighted by molar-refractivity contribution is -0.130. The van der Waals surface area contributed by atoms with Crippen molar-refractivity contribution in [1.29, 1.82) is 0 Å². The van der Waals surface area contributed by atoms with E-state index >= 15 is 0 Å². The molecule has 26 heavy (non-hydrogen) atoms. The van der Waals surface area contributed by atoms with E-state index in [1.54, 1.807) is 0 Å². The summed E-state index contributed by atoms with van der Waals surface area (Å²) in [5.74, 6) is 1.00. The van der Waals surface area contributed by atoms with Crippen molar-refractivity contribution < 1.29 is 9.59 Å². The molecule has 0 radical (unpaired) electrons. The number of carbonyl (C=O) groups excluding carboxylic acids is 2. The van der Waals surface area contributed by atoms with Gasteiger partial charge in [-0.15, -0.1) is 0 Å². The Balaban J connectivity index is 1.46. The van der Waals surface area contributed by atoms with Gasteiger partial charge in [-0.05, 0) is 30.9 Å². The molecule has 5 heteroatoms. The first-order valence-electron chi connectivity index (χ1n) is 9.99. The highest BCUT2D eigenvalue weighted by atomic mass is 16.2. The number of nitrogens with zero attached hydrogens (tertiary/aromatic N) is 1. The number of nitrogens with one attached hydrogen (secondary N) is 1. The number of rotatable bonds is 6. The van der Waals surface area contributed by atoms with Gasteiger partial charge in [-0.3, -0.25) is 9.59 Å². The van der Waals surface area contributed by atoms with Gasteiger partial charge in [0.1, 0.15) is 0 Å². The molecule has 1 aliphatic carbocycles. The van der Waals surface area contributed by atoms with Crippen molar-refractivity contribution >= 4 is 11.8 Å². The van der Waals surface area contributed by atoms with Crippen molar-refractivity contribution in [3.8, 4) is 0 Å². The summed E-state index contributed by atoms with van der Waals surface area (Å²) in [6.07, 6.45) is 5.88. The Labute approximate surface area is 156 Å². The molecule has 0 aromatic heterocycles. The van der Waals surface area contributed by atoms with Crippen molar-refractivity contribution in [2.45, 2.75) is 44.4 Å². The first-order chi connectivity index (χ1) is 12.7. The predicted molar refractivity (Wildman–Crippen MR) is 103 cm³/mol. The highest BCUT2D eigenvalue weighted by molar-refractivity contribution is 5.80. The SMILES string of the molecule is NC[C@@H]1CN(C(=O)CCNC(=O)C2CCCCC2)C[C@H]1c1ccccc1. The number of nitrogens with two attached hydrogens (primary N) is 1. The van der Waals surface area contributed by atoms with Crippen LogP contribution < -0.4 is 11.1 Å². The Morgan fingerprint density at radius 1 is 1.08 bits per heavy atom. The number of hydrogen-bond acceptors (Lipinski definition) is 3. The van der Waals surface area contributed by atoms with Gasteiger partial charge in [0, 0.05) is 37.9 Å². The normalized spacial score (nSPS) is 23.8. The van der Waals surface area contributed by atoms with E-state index < -0.39 is 0 Å². The molecular weight excluding hydrogens is 326 g/mol. The zero-order chi connectivity index (χ0) is 18.4. The van der Waals surface area contributed by atoms with Crippen LogP contribution in [-0.2, 0) is 9.59 Å². The maximum atomic E-state index is 12.6. The van der Waals surface area contributed by atoms with E-state index in [2.05, 4.69) is 17.4 Å². The monoisotopic (exact) mass is 357 g/mol. The molecule has 2 aliphatic rings. The van der Waals surface area contributed by atoms with Crippen LogP contribution in [0, 0.1) is 11.8 Å². The number of hydrogen-bond donors (Lipinski definition) is 2. The van der Waals surface area contributed by atoms with Crippen LogP contribution in [0.4, 0.5) is 0 Å². The molecule has 2 amide bonds. The fourth-order valence-electron chi connectivity index (χ4n) is 4.35. The number of amides is 2. The fraction of sp³-hybridized carbons (Fsp3) is 0.619. The molecule has 2 atom stereocenters. The largest absolute Gasteiger partial charge is 0.355 e. The number of benzene rings is 1. The minimum absolute atomic E-state index is 0.117. The van der Waals surface area contributed by atoms with Crippen molar-refractivity contribution in [3.05, 3.63) is 35.9 Å². The first kappa shape index (κ1) is 18.9. The Hall–Kier alpha value is -1.88. The van der Waals surface area contributed by atoms with Gasteiger partial charge in [-0.2, -0.15) is 0 Å². The summed E-state index contributed by atoms with van der Waals surface area (Å²) in [5.41, 5.74) is 7.20. The van der Waals surface area contributed by atoms with Crippen LogP contribution in [0.2, 0.25) is 0 Å². The van der Waals surface area contributed by atoms with E-state index in [-0.39, 0.29) is 17.7 Å². The van der Waals surface area contributed by atoms with Gasteiger partial charge in [0.25, 0.3) is 0 Å². The van der Waals surface area contributed by atoms with E-state index in [0.717, 1.165) is 32.2 Å². The molecular formula is C21H31N3O2. The molecule has 1 aliphatic heterocycles. The van der Waals surface area contributed by atoms with Gasteiger partial charge in [-0.1, -0.05) is 49.6 Å². The van der Waals surface area contributed by atoms with Crippen LogP contribution in [0.5, 0.6) is 0 Å². The van der Waals surface area contributed by atoms with Crippen LogP contribution in [0.3, 0.4) is 0 Å². The second-order valence-electron chi connectivity index (χ2n) is 7.69. The van der Waals surface area contributed by atoms with Gasteiger partial charge in [0.15, 0.2) is 0 Å². The summed E-state index contributed by atoms with van der Waals surface area (Å²) in [6, 6.07) is 10.3. The van der Waals surface area contributed by atoms with Gasteiger partial charge in [0.05, 0.1) is 0 Å². The second kappa shape index (κ2) is 9.17. The zero-order valence-electron chi connectivity index (χ0n) is 15.5. The summed E-state index contributed by atoms with van der Waals surface area (Å²) < 4.78 is 0. The molecule has 1 aromatic carbocycles. The summed E-state index contributed by atoms with van der Waals surface area (Å²) >= 11 is 0. The minimum Gasteiger partial charge on any atom is -0.355 e. The summed E-state index contributed by atoms with van der Waals surface area (Å²) in [5, 5.41) is 2.96. The van der Waals surface area contributed by atoms with Crippen LogP contribution >= 0.6 is 0 Å². The fourth-order valence-corrected chi connectivity index (χ4v) is 4.35. The Morgan fingerprint density at radius 2 is 1.81 bits per heavy atom. The molecule has 3 N–H and O–H groups in total. The van der Waals surface area contributed by atoms with Gasteiger partial charge in [-0.25, -0.2) is 0 Å². The molecule has 2 fully saturated rings. The highest BCUT2D eigenvalue weighted by Gasteiger charge is 2.35. The number of carbonyl (C=O) groups is 2.